The maximum absolute atomic E-state index is 12.7. The van der Waals surface area contributed by atoms with Gasteiger partial charge >= 0.3 is 68.9 Å². The summed E-state index contributed by atoms with van der Waals surface area (Å²) in [5.74, 6) is -1.67. The predicted molar refractivity (Wildman–Crippen MR) is 433 cm³/mol. The molecule has 2 aliphatic heterocycles. The molecule has 6 heterocycles. The molecule has 6 unspecified atom stereocenters. The van der Waals surface area contributed by atoms with E-state index in [1.165, 1.54) is 72.3 Å². The minimum Gasteiger partial charge on any atom is -0.461 e. The van der Waals surface area contributed by atoms with Crippen molar-refractivity contribution < 1.29 is 107 Å². The molecule has 0 aromatic carbocycles. The van der Waals surface area contributed by atoms with Crippen LogP contribution in [0.2, 0.25) is 44.3 Å². The fraction of sp³-hybridized carbons (Fsp3) is 0.718. The van der Waals surface area contributed by atoms with Crippen molar-refractivity contribution in [3.05, 3.63) is 91.0 Å². The summed E-state index contributed by atoms with van der Waals surface area (Å²) in [6.07, 6.45) is -1.94. The maximum Gasteiger partial charge on any atom is 0.351 e. The zero-order valence-electron chi connectivity index (χ0n) is 71.4. The van der Waals surface area contributed by atoms with Gasteiger partial charge in [-0.3, -0.25) is 37.4 Å². The molecule has 2 aliphatic rings. The number of nitrogen functional groups attached to an aromatic ring is 4. The number of rotatable bonds is 37. The molecular weight excluding hydrogens is 1580 g/mol. The van der Waals surface area contributed by atoms with Gasteiger partial charge in [0.25, 0.3) is 0 Å². The molecule has 4 aromatic rings. The molecule has 15 N–H and O–H groups in total. The molecule has 0 spiro atoms. The molecule has 40 nitrogen and oxygen atoms in total. The van der Waals surface area contributed by atoms with Crippen LogP contribution in [0.3, 0.4) is 0 Å². The lowest BCUT2D eigenvalue weighted by Crippen LogP contribution is -2.64. The molecule has 0 saturated carbocycles. The number of carbonyl (C=O) groups excluding carboxylic acids is 4. The molecule has 2 amide bonds. The molecule has 2 fully saturated rings. The van der Waals surface area contributed by atoms with Crippen molar-refractivity contribution in [2.45, 2.75) is 230 Å². The van der Waals surface area contributed by atoms with Gasteiger partial charge in [-0.15, -0.1) is 0 Å². The third-order valence-corrected chi connectivity index (χ3v) is 39.2. The first kappa shape index (κ1) is 98.4. The van der Waals surface area contributed by atoms with E-state index in [1.54, 1.807) is 0 Å². The Morgan fingerprint density at radius 3 is 1.01 bits per heavy atom. The van der Waals surface area contributed by atoms with Crippen LogP contribution in [0, 0.1) is 0 Å². The number of amides is 2. The lowest BCUT2D eigenvalue weighted by Gasteiger charge is -2.50. The van der Waals surface area contributed by atoms with E-state index >= 15 is 0 Å². The van der Waals surface area contributed by atoms with Crippen molar-refractivity contribution in [1.82, 2.24) is 48.8 Å². The summed E-state index contributed by atoms with van der Waals surface area (Å²) in [6.45, 7) is 31.9. The number of aliphatic hydroxyl groups excluding tert-OH is 5. The van der Waals surface area contributed by atoms with Crippen LogP contribution in [0.5, 0.6) is 0 Å². The van der Waals surface area contributed by atoms with Crippen LogP contribution in [0.1, 0.15) is 164 Å². The summed E-state index contributed by atoms with van der Waals surface area (Å²) in [5.41, 5.74) is 20.8. The molecule has 0 aliphatic carbocycles. The summed E-state index contributed by atoms with van der Waals surface area (Å²) in [6, 6.07) is 5.67. The van der Waals surface area contributed by atoms with Crippen molar-refractivity contribution in [1.29, 1.82) is 0 Å². The van der Waals surface area contributed by atoms with Gasteiger partial charge in [0.05, 0.1) is 81.7 Å². The number of ether oxygens (including phenoxy) is 7. The van der Waals surface area contributed by atoms with Crippen molar-refractivity contribution >= 4 is 81.3 Å². The second kappa shape index (κ2) is 49.3. The second-order valence-corrected chi connectivity index (χ2v) is 47.3. The number of aromatic nitrogens is 8. The number of carbonyl (C=O) groups is 4. The first-order chi connectivity index (χ1) is 54.9. The van der Waals surface area contributed by atoms with E-state index < -0.39 is 165 Å². The van der Waals surface area contributed by atoms with Gasteiger partial charge in [-0.05, 0) is 68.6 Å². The molecule has 654 valence electrons. The largest absolute Gasteiger partial charge is 0.461 e. The van der Waals surface area contributed by atoms with Crippen LogP contribution in [0.4, 0.5) is 23.3 Å². The van der Waals surface area contributed by atoms with Crippen molar-refractivity contribution in [2.24, 2.45) is 0 Å². The number of nitrogens with zero attached hydrogens (tertiary/aromatic N) is 8. The summed E-state index contributed by atoms with van der Waals surface area (Å²) in [5, 5.41) is 51.0. The Bertz CT molecular complexity index is 3830. The van der Waals surface area contributed by atoms with E-state index in [1.807, 2.05) is 0 Å². The topological polar surface area (TPSA) is 557 Å². The highest BCUT2D eigenvalue weighted by molar-refractivity contribution is 6.84. The van der Waals surface area contributed by atoms with E-state index in [0.29, 0.717) is 0 Å². The third kappa shape index (κ3) is 30.0. The summed E-state index contributed by atoms with van der Waals surface area (Å²) in [7, 11) is -9.61. The van der Waals surface area contributed by atoms with E-state index in [4.69, 9.17) is 100 Å². The molecule has 115 heavy (non-hydrogen) atoms. The van der Waals surface area contributed by atoms with Crippen molar-refractivity contribution in [3.8, 4) is 0 Å². The smallest absolute Gasteiger partial charge is 0.351 e. The quantitative estimate of drug-likeness (QED) is 0.0228. The normalized spacial score (nSPS) is 17.6. The lowest BCUT2D eigenvalue weighted by atomic mass is 10.3. The zero-order chi connectivity index (χ0) is 88.5. The molecular formula is C71H128N14O26Si4. The summed E-state index contributed by atoms with van der Waals surface area (Å²) in [4.78, 5) is 110. The number of nitrogens with two attached hydrogens (primary N) is 4. The van der Waals surface area contributed by atoms with Gasteiger partial charge in [-0.2, -0.15) is 19.9 Å². The number of esters is 2. The Kier molecular flexibility index (Phi) is 42.2. The van der Waals surface area contributed by atoms with E-state index in [-0.39, 0.29) is 145 Å². The SMILES string of the molecule is CC(C)[Si]1(C(C)C)OCC(OC(CO)n2ccc(N)nc2=O)CO[Si](C(C)C)(C(C)C)O1.CNC(=O)CCC(=O)OCC(OC1CO[Si](C(C)C)(C(C)C)O[Si](C(C)C)(C(C)C)OC1)n1ccc(N)nc1=O.Nc1ccn(C(CO)OC(CO)CO)c(=O)n1.[2H]C([3H])OCC(CO)OC(COC(=O)CCC(=O)NC)n1ccc(N)nc1=O. The van der Waals surface area contributed by atoms with Crippen LogP contribution in [0.15, 0.2) is 68.2 Å². The Morgan fingerprint density at radius 2 is 0.730 bits per heavy atom. The van der Waals surface area contributed by atoms with Gasteiger partial charge in [0, 0.05) is 58.8 Å². The highest BCUT2D eigenvalue weighted by atomic mass is 28.5. The van der Waals surface area contributed by atoms with Crippen LogP contribution in [0.25, 0.3) is 0 Å². The highest BCUT2D eigenvalue weighted by Gasteiger charge is 2.59. The van der Waals surface area contributed by atoms with Crippen LogP contribution < -0.4 is 56.3 Å². The average Bonchev–Trinajstić information content (AvgIpc) is 0.765. The average molecular weight is 1710 g/mol. The molecule has 0 radical (unpaired) electrons. The first-order valence-electron chi connectivity index (χ1n) is 39.3. The van der Waals surface area contributed by atoms with Crippen molar-refractivity contribution in [2.75, 3.05) is 123 Å². The van der Waals surface area contributed by atoms with Gasteiger partial charge in [0.1, 0.15) is 60.9 Å². The first-order valence-corrected chi connectivity index (χ1v) is 46.0. The van der Waals surface area contributed by atoms with Crippen LogP contribution in [-0.2, 0) is 78.3 Å². The number of nitrogens with one attached hydrogen (secondary N) is 2. The zero-order valence-corrected chi connectivity index (χ0v) is 73.4. The van der Waals surface area contributed by atoms with E-state index in [9.17, 15) is 48.6 Å². The molecule has 2 saturated heterocycles. The summed E-state index contributed by atoms with van der Waals surface area (Å²) < 4.78 is 97.9. The van der Waals surface area contributed by atoms with E-state index in [0.717, 1.165) is 9.13 Å². The Labute approximate surface area is 678 Å². The van der Waals surface area contributed by atoms with Crippen molar-refractivity contribution in [3.63, 3.8) is 0 Å². The minimum atomic E-state index is -2.80. The lowest BCUT2D eigenvalue weighted by molar-refractivity contribution is -0.160. The number of anilines is 4. The Balaban J connectivity index is 0.000000418. The van der Waals surface area contributed by atoms with Gasteiger partial charge in [0.15, 0.2) is 24.9 Å². The highest BCUT2D eigenvalue weighted by Crippen LogP contribution is 2.47. The van der Waals surface area contributed by atoms with Gasteiger partial charge < -0.3 is 118 Å². The van der Waals surface area contributed by atoms with Gasteiger partial charge in [-0.25, -0.2) is 19.2 Å². The van der Waals surface area contributed by atoms with E-state index in [2.05, 4.69) is 141 Å². The Hall–Kier alpha value is -7.17. The number of hydrogen-bond acceptors (Lipinski definition) is 34. The molecule has 6 rings (SSSR count). The monoisotopic (exact) mass is 1710 g/mol. The minimum absolute atomic E-state index is 0.0111. The number of aliphatic hydroxyl groups is 5. The molecule has 4 aromatic heterocycles. The number of hydrogen-bond donors (Lipinski definition) is 11. The van der Waals surface area contributed by atoms with Gasteiger partial charge in [0.2, 0.25) is 11.8 Å². The summed E-state index contributed by atoms with van der Waals surface area (Å²) >= 11 is 0. The Morgan fingerprint density at radius 1 is 0.452 bits per heavy atom. The standard InChI is InChI=1S/C26H48N4O8Si2.C21H41N3O6Si2.C15H24N4O7.C9H15N3O5/c1-17(2)39(18(3)4)35-14-21(15-36-40(38-39,19(5)6)20(7)8)37-24(30-13-12-22(27)29-26(30)33)16-34-25(32)11-10-23(31)28-9;1-14(2)31(15(3)4)27-12-18(13-28-32(30-31,16(5)6)17(7)8)29-20(11-25)24-10-9-19(22)23-21(24)26;1-17-12(21)3-4-14(22)25-9-13(26-10(7-20)8-24-2)19-6-5-11(16)18-15(19)23;10-7-1-2-12(9(16)11-7)8(5-15)17-6(3-13)4-14/h12-13,17-21,24H,10-11,14-16H2,1-9H3,(H,28,31)(H2,27,29,33);9-10,14-18,20,25H,11-13H2,1-8H3,(H2,22,23,26);5-6,10,13,20H,3-4,7-9H2,1-2H3,(H,17,21)(H2,16,18,23);1-2,6,8,13-15H,3-5H2,(H2,10,11,16)/i;;2TD;. The molecule has 0 bridgehead atoms. The fourth-order valence-corrected chi connectivity index (χ4v) is 34.7. The molecule has 6 atom stereocenters. The van der Waals surface area contributed by atoms with Crippen LogP contribution >= 0.6 is 0 Å². The fourth-order valence-electron chi connectivity index (χ4n) is 12.5. The maximum atomic E-state index is 12.7. The molecule has 44 heteroatoms. The number of methoxy groups -OCH3 is 1. The second-order valence-electron chi connectivity index (χ2n) is 29.5. The van der Waals surface area contributed by atoms with Gasteiger partial charge in [-0.1, -0.05) is 111 Å². The predicted octanol–water partition coefficient (Wildman–Crippen LogP) is 2.76. The third-order valence-electron chi connectivity index (χ3n) is 18.7. The van der Waals surface area contributed by atoms with Crippen LogP contribution in [-0.4, -0.2) is 247 Å².